The number of rotatable bonds is 1. The molecule has 6 nitrogen and oxygen atoms in total. The SMILES string of the molecule is CS(=O)(=O)[O-].CS(=O)(=O)[O-].Cc1cc2c(C(C)C)ccc(C)c2[cH-]1.[Zr+3]. The third-order valence-corrected chi connectivity index (χ3v) is 2.90. The maximum Gasteiger partial charge on any atom is 3.00 e. The summed E-state index contributed by atoms with van der Waals surface area (Å²) >= 11 is 0. The van der Waals surface area contributed by atoms with Crippen molar-refractivity contribution in [1.82, 2.24) is 0 Å². The number of hydrogen-bond donors (Lipinski definition) is 0. The van der Waals surface area contributed by atoms with E-state index < -0.39 is 20.2 Å². The van der Waals surface area contributed by atoms with Crippen LogP contribution < -0.4 is 0 Å². The van der Waals surface area contributed by atoms with Gasteiger partial charge in [0.1, 0.15) is 0 Å². The number of aryl methyl sites for hydroxylation is 2. The van der Waals surface area contributed by atoms with E-state index in [2.05, 4.69) is 52.0 Å². The molecule has 2 rings (SSSR count). The van der Waals surface area contributed by atoms with Gasteiger partial charge in [0.2, 0.25) is 0 Å². The van der Waals surface area contributed by atoms with E-state index in [0.717, 1.165) is 0 Å². The molecule has 1 radical (unpaired) electrons. The Balaban J connectivity index is 0. The normalized spacial score (nSPS) is 11.1. The molecule has 0 aliphatic carbocycles. The summed E-state index contributed by atoms with van der Waals surface area (Å²) in [5, 5.41) is 2.87. The second-order valence-electron chi connectivity index (χ2n) is 5.89. The van der Waals surface area contributed by atoms with Gasteiger partial charge in [0, 0.05) is 12.5 Å². The molecule has 0 saturated carbocycles. The summed E-state index contributed by atoms with van der Waals surface area (Å²) in [5.74, 6) is 0.611. The van der Waals surface area contributed by atoms with Gasteiger partial charge in [0.25, 0.3) is 0 Å². The van der Waals surface area contributed by atoms with Crippen molar-refractivity contribution in [3.8, 4) is 0 Å². The average Bonchev–Trinajstić information content (AvgIpc) is 2.66. The average molecular weight is 467 g/mol. The monoisotopic (exact) mass is 465 g/mol. The van der Waals surface area contributed by atoms with Crippen LogP contribution in [0.1, 0.15) is 36.5 Å². The summed E-state index contributed by atoms with van der Waals surface area (Å²) in [6, 6.07) is 9.09. The minimum atomic E-state index is -3.92. The van der Waals surface area contributed by atoms with Gasteiger partial charge in [0.05, 0.1) is 20.2 Å². The van der Waals surface area contributed by atoms with E-state index in [4.69, 9.17) is 25.9 Å². The number of hydrogen-bond acceptors (Lipinski definition) is 6. The predicted molar refractivity (Wildman–Crippen MR) is 94.3 cm³/mol. The molecular weight excluding hydrogens is 444 g/mol. The summed E-state index contributed by atoms with van der Waals surface area (Å²) in [5.41, 5.74) is 4.23. The molecule has 0 amide bonds. The Hall–Kier alpha value is -0.467. The van der Waals surface area contributed by atoms with E-state index >= 15 is 0 Å². The molecule has 0 aromatic heterocycles. The van der Waals surface area contributed by atoms with Gasteiger partial charge in [-0.25, -0.2) is 16.8 Å². The van der Waals surface area contributed by atoms with Crippen LogP contribution in [0.2, 0.25) is 0 Å². The predicted octanol–water partition coefficient (Wildman–Crippen LogP) is 2.62. The Kier molecular flexibility index (Phi) is 11.4. The van der Waals surface area contributed by atoms with E-state index in [9.17, 15) is 0 Å². The Morgan fingerprint density at radius 1 is 0.960 bits per heavy atom. The van der Waals surface area contributed by atoms with Crippen molar-refractivity contribution in [2.45, 2.75) is 33.6 Å². The molecule has 0 aliphatic heterocycles. The van der Waals surface area contributed by atoms with Crippen LogP contribution in [0.3, 0.4) is 0 Å². The van der Waals surface area contributed by atoms with Crippen molar-refractivity contribution in [2.24, 2.45) is 0 Å². The maximum atomic E-state index is 9.08. The fourth-order valence-corrected chi connectivity index (χ4v) is 2.12. The van der Waals surface area contributed by atoms with Crippen molar-refractivity contribution in [1.29, 1.82) is 0 Å². The van der Waals surface area contributed by atoms with Gasteiger partial charge in [-0.2, -0.15) is 6.07 Å². The topological polar surface area (TPSA) is 114 Å². The molecule has 0 heterocycles. The fraction of sp³-hybridized carbons (Fsp3) is 0.438. The van der Waals surface area contributed by atoms with Crippen molar-refractivity contribution in [2.75, 3.05) is 12.5 Å². The van der Waals surface area contributed by atoms with E-state index in [1.54, 1.807) is 0 Å². The maximum absolute atomic E-state index is 9.08. The molecule has 0 spiro atoms. The first kappa shape index (κ1) is 26.8. The Bertz CT molecular complexity index is 835. The van der Waals surface area contributed by atoms with Crippen LogP contribution in [-0.4, -0.2) is 38.5 Å². The summed E-state index contributed by atoms with van der Waals surface area (Å²) in [4.78, 5) is 0. The van der Waals surface area contributed by atoms with Crippen molar-refractivity contribution < 1.29 is 52.1 Å². The molecule has 9 heteroatoms. The van der Waals surface area contributed by atoms with Crippen LogP contribution in [0.5, 0.6) is 0 Å². The van der Waals surface area contributed by atoms with Gasteiger partial charge in [-0.3, -0.25) is 0 Å². The standard InChI is InChI=1S/C14H17.2CH4O3S.Zr/c1-9(2)12-6-5-11(4)13-7-10(3)8-14(12)13;2*1-5(2,3)4;/h5-9H,1-4H3;2*1H3,(H,2,3,4);/q-1;;;+3/p-2. The zero-order valence-corrected chi connectivity index (χ0v) is 19.2. The molecule has 25 heavy (non-hydrogen) atoms. The molecule has 0 fully saturated rings. The van der Waals surface area contributed by atoms with E-state index in [-0.39, 0.29) is 26.2 Å². The molecular formula is C16H23O6S2Zr. The third kappa shape index (κ3) is 13.4. The summed E-state index contributed by atoms with van der Waals surface area (Å²) < 4.78 is 54.5. The molecule has 0 saturated heterocycles. The molecule has 0 unspecified atom stereocenters. The molecule has 2 aromatic carbocycles. The smallest absolute Gasteiger partial charge is 0.748 e. The van der Waals surface area contributed by atoms with E-state index in [1.165, 1.54) is 27.5 Å². The van der Waals surface area contributed by atoms with E-state index in [1.807, 2.05) is 0 Å². The molecule has 0 bridgehead atoms. The Morgan fingerprint density at radius 3 is 1.72 bits per heavy atom. The second-order valence-corrected chi connectivity index (χ2v) is 8.71. The number of fused-ring (bicyclic) bond motifs is 1. The Morgan fingerprint density at radius 2 is 1.36 bits per heavy atom. The van der Waals surface area contributed by atoms with Gasteiger partial charge < -0.3 is 9.11 Å². The minimum absolute atomic E-state index is 0. The molecule has 0 aliphatic rings. The molecule has 139 valence electrons. The van der Waals surface area contributed by atoms with Gasteiger partial charge in [0.15, 0.2) is 0 Å². The van der Waals surface area contributed by atoms with Crippen molar-refractivity contribution >= 4 is 31.0 Å². The minimum Gasteiger partial charge on any atom is -0.748 e. The largest absolute Gasteiger partial charge is 3.00 e. The van der Waals surface area contributed by atoms with E-state index in [0.29, 0.717) is 18.4 Å². The van der Waals surface area contributed by atoms with Crippen molar-refractivity contribution in [3.05, 3.63) is 41.0 Å². The van der Waals surface area contributed by atoms with Gasteiger partial charge >= 0.3 is 26.2 Å². The molecule has 0 atom stereocenters. The summed E-state index contributed by atoms with van der Waals surface area (Å²) in [6.45, 7) is 8.87. The molecule has 2 aromatic rings. The first-order valence-electron chi connectivity index (χ1n) is 7.08. The second kappa shape index (κ2) is 10.6. The fourth-order valence-electron chi connectivity index (χ4n) is 2.12. The first-order valence-corrected chi connectivity index (χ1v) is 10.7. The van der Waals surface area contributed by atoms with Crippen LogP contribution in [0, 0.1) is 13.8 Å². The van der Waals surface area contributed by atoms with Crippen molar-refractivity contribution in [3.63, 3.8) is 0 Å². The summed E-state index contributed by atoms with van der Waals surface area (Å²) in [6.07, 6.45) is 1.21. The van der Waals surface area contributed by atoms with Crippen LogP contribution >= 0.6 is 0 Å². The first-order chi connectivity index (χ1) is 10.6. The van der Waals surface area contributed by atoms with Crippen LogP contribution in [0.15, 0.2) is 24.3 Å². The Labute approximate surface area is 169 Å². The number of benzene rings is 1. The quantitative estimate of drug-likeness (QED) is 0.471. The zero-order chi connectivity index (χ0) is 19.3. The van der Waals surface area contributed by atoms with Crippen LogP contribution in [0.4, 0.5) is 0 Å². The third-order valence-electron chi connectivity index (χ3n) is 2.90. The zero-order valence-electron chi connectivity index (χ0n) is 15.2. The van der Waals surface area contributed by atoms with Gasteiger partial charge in [-0.15, -0.1) is 34.0 Å². The van der Waals surface area contributed by atoms with Gasteiger partial charge in [-0.1, -0.05) is 39.3 Å². The van der Waals surface area contributed by atoms with Crippen LogP contribution in [-0.2, 0) is 46.4 Å². The summed E-state index contributed by atoms with van der Waals surface area (Å²) in [7, 11) is -7.83. The van der Waals surface area contributed by atoms with Crippen LogP contribution in [0.25, 0.3) is 10.8 Å². The van der Waals surface area contributed by atoms with Gasteiger partial charge in [-0.05, 0) is 5.92 Å². The molecule has 0 N–H and O–H groups in total.